The number of thioether (sulfide) groups is 1. The van der Waals surface area contributed by atoms with E-state index in [0.717, 1.165) is 0 Å². The van der Waals surface area contributed by atoms with Gasteiger partial charge in [0.15, 0.2) is 0 Å². The van der Waals surface area contributed by atoms with Crippen LogP contribution in [0.1, 0.15) is 13.3 Å². The van der Waals surface area contributed by atoms with Crippen LogP contribution in [-0.4, -0.2) is 50.6 Å². The lowest BCUT2D eigenvalue weighted by atomic mass is 10.4. The summed E-state index contributed by atoms with van der Waals surface area (Å²) in [5, 5.41) is 0. The summed E-state index contributed by atoms with van der Waals surface area (Å²) in [7, 11) is -1.59. The minimum absolute atomic E-state index is 0.180. The van der Waals surface area contributed by atoms with Crippen LogP contribution in [0.25, 0.3) is 0 Å². The molecule has 0 aliphatic carbocycles. The zero-order chi connectivity index (χ0) is 12.6. The highest BCUT2D eigenvalue weighted by molar-refractivity contribution is 7.99. The van der Waals surface area contributed by atoms with Gasteiger partial charge in [0.2, 0.25) is 0 Å². The second-order valence-corrected chi connectivity index (χ2v) is 6.92. The molecule has 0 spiro atoms. The number of carbonyl (C=O) groups excluding carboxylic acids is 1. The molecule has 1 unspecified atom stereocenters. The van der Waals surface area contributed by atoms with Crippen LogP contribution in [0.15, 0.2) is 0 Å². The Bertz CT molecular complexity index is 303. The molecule has 0 aliphatic rings. The fourth-order valence-corrected chi connectivity index (χ4v) is 2.92. The summed E-state index contributed by atoms with van der Waals surface area (Å²) in [6.07, 6.45) is 0.592. The van der Waals surface area contributed by atoms with Crippen LogP contribution in [0.4, 0.5) is 0 Å². The highest BCUT2D eigenvalue weighted by Gasteiger charge is 2.13. The molecule has 0 saturated heterocycles. The fourth-order valence-electron chi connectivity index (χ4n) is 0.955. The largest absolute Gasteiger partial charge is 0.468 e. The summed E-state index contributed by atoms with van der Waals surface area (Å²) in [6.45, 7) is 1.63. The van der Waals surface area contributed by atoms with E-state index in [-0.39, 0.29) is 11.5 Å². The third kappa shape index (κ3) is 7.08. The minimum atomic E-state index is -2.88. The number of hydrogen-bond donors (Lipinski definition) is 1. The number of sulfone groups is 1. The van der Waals surface area contributed by atoms with Crippen molar-refractivity contribution >= 4 is 27.6 Å². The van der Waals surface area contributed by atoms with Crippen LogP contribution < -0.4 is 5.73 Å². The van der Waals surface area contributed by atoms with Crippen LogP contribution in [0.2, 0.25) is 0 Å². The molecule has 0 bridgehead atoms. The maximum Gasteiger partial charge on any atom is 0.323 e. The number of nitrogens with two attached hydrogens (primary N) is 1. The molecule has 0 fully saturated rings. The third-order valence-corrected chi connectivity index (χ3v) is 4.95. The monoisotopic (exact) mass is 269 g/mol. The number of ether oxygens (including phenoxy) is 1. The van der Waals surface area contributed by atoms with Crippen molar-refractivity contribution in [2.75, 3.05) is 30.1 Å². The van der Waals surface area contributed by atoms with Gasteiger partial charge in [-0.25, -0.2) is 8.42 Å². The molecule has 0 amide bonds. The van der Waals surface area contributed by atoms with Gasteiger partial charge in [-0.3, -0.25) is 4.79 Å². The summed E-state index contributed by atoms with van der Waals surface area (Å²) in [5.41, 5.74) is 5.51. The zero-order valence-corrected chi connectivity index (χ0v) is 11.3. The van der Waals surface area contributed by atoms with E-state index >= 15 is 0 Å². The van der Waals surface area contributed by atoms with Crippen molar-refractivity contribution in [3.63, 3.8) is 0 Å². The topological polar surface area (TPSA) is 86.5 Å². The Balaban J connectivity index is 3.58. The normalized spacial score (nSPS) is 13.4. The molecule has 7 heteroatoms. The van der Waals surface area contributed by atoms with Crippen LogP contribution in [0.3, 0.4) is 0 Å². The van der Waals surface area contributed by atoms with Crippen molar-refractivity contribution in [3.8, 4) is 0 Å². The van der Waals surface area contributed by atoms with E-state index < -0.39 is 21.8 Å². The maximum atomic E-state index is 11.1. The van der Waals surface area contributed by atoms with E-state index in [0.29, 0.717) is 17.9 Å². The average Bonchev–Trinajstić information content (AvgIpc) is 2.27. The molecule has 0 aromatic heterocycles. The molecule has 0 aromatic rings. The molecule has 96 valence electrons. The van der Waals surface area contributed by atoms with Gasteiger partial charge in [-0.2, -0.15) is 11.8 Å². The highest BCUT2D eigenvalue weighted by Crippen LogP contribution is 2.06. The lowest BCUT2D eigenvalue weighted by Gasteiger charge is -2.08. The molecule has 0 aliphatic heterocycles. The SMILES string of the molecule is CCS(=O)(=O)CCCSCC(N)C(=O)OC. The second kappa shape index (κ2) is 7.92. The number of esters is 1. The molecule has 0 radical (unpaired) electrons. The predicted octanol–water partition coefficient (Wildman–Crippen LogP) is 0.0447. The average molecular weight is 269 g/mol. The Morgan fingerprint density at radius 1 is 1.50 bits per heavy atom. The molecule has 2 N–H and O–H groups in total. The van der Waals surface area contributed by atoms with Gasteiger partial charge in [0, 0.05) is 11.5 Å². The summed E-state index contributed by atoms with van der Waals surface area (Å²) < 4.78 is 26.8. The molecule has 5 nitrogen and oxygen atoms in total. The van der Waals surface area contributed by atoms with Crippen molar-refractivity contribution in [2.24, 2.45) is 5.73 Å². The summed E-state index contributed by atoms with van der Waals surface area (Å²) in [5.74, 6) is 1.08. The summed E-state index contributed by atoms with van der Waals surface area (Å²) >= 11 is 1.47. The van der Waals surface area contributed by atoms with Crippen molar-refractivity contribution < 1.29 is 17.9 Å². The predicted molar refractivity (Wildman–Crippen MR) is 66.3 cm³/mol. The molecular formula is C9H19NO4S2. The number of hydrogen-bond acceptors (Lipinski definition) is 6. The van der Waals surface area contributed by atoms with Crippen LogP contribution in [0.5, 0.6) is 0 Å². The lowest BCUT2D eigenvalue weighted by Crippen LogP contribution is -2.34. The molecule has 1 atom stereocenters. The van der Waals surface area contributed by atoms with E-state index in [9.17, 15) is 13.2 Å². The van der Waals surface area contributed by atoms with Gasteiger partial charge in [0.05, 0.1) is 12.9 Å². The molecule has 0 heterocycles. The first-order valence-corrected chi connectivity index (χ1v) is 8.02. The highest BCUT2D eigenvalue weighted by atomic mass is 32.2. The molecule has 16 heavy (non-hydrogen) atoms. The first-order chi connectivity index (χ1) is 7.43. The fraction of sp³-hybridized carbons (Fsp3) is 0.889. The van der Waals surface area contributed by atoms with E-state index in [1.165, 1.54) is 18.9 Å². The molecular weight excluding hydrogens is 250 g/mol. The van der Waals surface area contributed by atoms with Gasteiger partial charge >= 0.3 is 5.97 Å². The van der Waals surface area contributed by atoms with Gasteiger partial charge in [-0.15, -0.1) is 0 Å². The number of carbonyl (C=O) groups is 1. The third-order valence-electron chi connectivity index (χ3n) is 1.99. The van der Waals surface area contributed by atoms with E-state index in [2.05, 4.69) is 4.74 Å². The Morgan fingerprint density at radius 2 is 2.12 bits per heavy atom. The van der Waals surface area contributed by atoms with Crippen molar-refractivity contribution in [1.82, 2.24) is 0 Å². The number of methoxy groups -OCH3 is 1. The second-order valence-electron chi connectivity index (χ2n) is 3.29. The quantitative estimate of drug-likeness (QED) is 0.495. The van der Waals surface area contributed by atoms with Crippen molar-refractivity contribution in [3.05, 3.63) is 0 Å². The summed E-state index contributed by atoms with van der Waals surface area (Å²) in [6, 6.07) is -0.627. The van der Waals surface area contributed by atoms with Gasteiger partial charge in [0.25, 0.3) is 0 Å². The molecule has 0 rings (SSSR count). The van der Waals surface area contributed by atoms with E-state index in [1.807, 2.05) is 0 Å². The van der Waals surface area contributed by atoms with Gasteiger partial charge < -0.3 is 10.5 Å². The summed E-state index contributed by atoms with van der Waals surface area (Å²) in [4.78, 5) is 10.9. The van der Waals surface area contributed by atoms with Crippen LogP contribution >= 0.6 is 11.8 Å². The first-order valence-electron chi connectivity index (χ1n) is 5.04. The lowest BCUT2D eigenvalue weighted by molar-refractivity contribution is -0.141. The number of rotatable bonds is 8. The Hall–Kier alpha value is -0.270. The Morgan fingerprint density at radius 3 is 2.62 bits per heavy atom. The smallest absolute Gasteiger partial charge is 0.323 e. The first kappa shape index (κ1) is 15.7. The Labute approximate surface area is 101 Å². The Kier molecular flexibility index (Phi) is 7.78. The van der Waals surface area contributed by atoms with Crippen LogP contribution in [-0.2, 0) is 19.4 Å². The van der Waals surface area contributed by atoms with Gasteiger partial charge in [-0.1, -0.05) is 6.92 Å². The minimum Gasteiger partial charge on any atom is -0.468 e. The van der Waals surface area contributed by atoms with Crippen LogP contribution in [0, 0.1) is 0 Å². The zero-order valence-electron chi connectivity index (χ0n) is 9.64. The standard InChI is InChI=1S/C9H19NO4S2/c1-3-16(12,13)6-4-5-15-7-8(10)9(11)14-2/h8H,3-7,10H2,1-2H3. The van der Waals surface area contributed by atoms with E-state index in [1.54, 1.807) is 6.92 Å². The van der Waals surface area contributed by atoms with Gasteiger partial charge in [0.1, 0.15) is 15.9 Å². The molecule has 0 aromatic carbocycles. The van der Waals surface area contributed by atoms with Crippen molar-refractivity contribution in [1.29, 1.82) is 0 Å². The van der Waals surface area contributed by atoms with Crippen molar-refractivity contribution in [2.45, 2.75) is 19.4 Å². The molecule has 0 saturated carbocycles. The maximum absolute atomic E-state index is 11.1. The van der Waals surface area contributed by atoms with Gasteiger partial charge in [-0.05, 0) is 12.2 Å². The van der Waals surface area contributed by atoms with E-state index in [4.69, 9.17) is 5.73 Å².